The number of sulfonamides is 1. The van der Waals surface area contributed by atoms with E-state index < -0.39 is 16.1 Å². The van der Waals surface area contributed by atoms with E-state index in [0.717, 1.165) is 38.8 Å². The van der Waals surface area contributed by atoms with Gasteiger partial charge in [-0.25, -0.2) is 4.98 Å². The Labute approximate surface area is 244 Å². The topological polar surface area (TPSA) is 126 Å². The molecule has 0 radical (unpaired) electrons. The molecule has 12 heteroatoms. The van der Waals surface area contributed by atoms with Gasteiger partial charge in [-0.1, -0.05) is 13.8 Å². The number of fused-ring (bicyclic) bond motifs is 1. The lowest BCUT2D eigenvalue weighted by Crippen LogP contribution is -2.47. The number of rotatable bonds is 9. The standard InChI is InChI=1S/C29H47N5O6S/c1-7-13-32(5)17-27-21(2)16-34(22(3)19-35)29(36)25-15-24(31-41(37,38)28-18-33(6)20-30-28)11-12-26(25)40-23(4)10-8-9-14-39-27/h11-12,15,18,20-23,27,31,35H,7-10,13-14,16-17,19H2,1-6H3/t21-,22-,23+,27-/m1/s1. The highest BCUT2D eigenvalue weighted by atomic mass is 32.2. The smallest absolute Gasteiger partial charge is 0.280 e. The number of aromatic nitrogens is 2. The van der Waals surface area contributed by atoms with E-state index in [0.29, 0.717) is 18.9 Å². The molecule has 41 heavy (non-hydrogen) atoms. The van der Waals surface area contributed by atoms with Crippen molar-refractivity contribution in [1.29, 1.82) is 0 Å². The normalized spacial score (nSPS) is 22.1. The van der Waals surface area contributed by atoms with E-state index in [4.69, 9.17) is 9.47 Å². The van der Waals surface area contributed by atoms with Gasteiger partial charge in [-0.05, 0) is 71.3 Å². The Morgan fingerprint density at radius 1 is 1.27 bits per heavy atom. The number of imidazole rings is 1. The minimum Gasteiger partial charge on any atom is -0.490 e. The number of anilines is 1. The van der Waals surface area contributed by atoms with Crippen LogP contribution in [0.25, 0.3) is 0 Å². The second-order valence-electron chi connectivity index (χ2n) is 11.3. The van der Waals surface area contributed by atoms with E-state index in [-0.39, 0.29) is 46.9 Å². The highest BCUT2D eigenvalue weighted by molar-refractivity contribution is 7.92. The lowest BCUT2D eigenvalue weighted by atomic mass is 10.0. The van der Waals surface area contributed by atoms with Crippen LogP contribution in [0.3, 0.4) is 0 Å². The molecule has 0 bridgehead atoms. The van der Waals surface area contributed by atoms with Gasteiger partial charge < -0.3 is 28.9 Å². The van der Waals surface area contributed by atoms with Gasteiger partial charge in [0.1, 0.15) is 5.75 Å². The number of hydrogen-bond donors (Lipinski definition) is 2. The largest absolute Gasteiger partial charge is 0.490 e. The summed E-state index contributed by atoms with van der Waals surface area (Å²) in [6.07, 6.45) is 6.15. The van der Waals surface area contributed by atoms with E-state index in [1.54, 1.807) is 35.6 Å². The monoisotopic (exact) mass is 593 g/mol. The average Bonchev–Trinajstić information content (AvgIpc) is 3.37. The quantitative estimate of drug-likeness (QED) is 0.453. The molecule has 0 fully saturated rings. The average molecular weight is 594 g/mol. The molecular formula is C29H47N5O6S. The Bertz CT molecular complexity index is 1240. The van der Waals surface area contributed by atoms with Crippen LogP contribution in [0.1, 0.15) is 63.7 Å². The number of benzene rings is 1. The minimum atomic E-state index is -3.97. The molecule has 1 aromatic heterocycles. The maximum absolute atomic E-state index is 14.2. The first-order chi connectivity index (χ1) is 19.4. The predicted octanol–water partition coefficient (Wildman–Crippen LogP) is 3.36. The van der Waals surface area contributed by atoms with Gasteiger partial charge in [-0.3, -0.25) is 9.52 Å². The number of nitrogens with one attached hydrogen (secondary N) is 1. The number of aryl methyl sites for hydroxylation is 1. The van der Waals surface area contributed by atoms with Crippen LogP contribution < -0.4 is 9.46 Å². The Balaban J connectivity index is 2.00. The van der Waals surface area contributed by atoms with E-state index in [1.165, 1.54) is 18.6 Å². The molecule has 0 spiro atoms. The zero-order valence-electron chi connectivity index (χ0n) is 25.2. The van der Waals surface area contributed by atoms with Crippen molar-refractivity contribution in [3.63, 3.8) is 0 Å². The first-order valence-corrected chi connectivity index (χ1v) is 16.0. The van der Waals surface area contributed by atoms with Crippen LogP contribution in [-0.4, -0.2) is 96.9 Å². The molecular weight excluding hydrogens is 546 g/mol. The third-order valence-electron chi connectivity index (χ3n) is 7.36. The van der Waals surface area contributed by atoms with Crippen molar-refractivity contribution >= 4 is 21.6 Å². The highest BCUT2D eigenvalue weighted by Crippen LogP contribution is 2.29. The fourth-order valence-electron chi connectivity index (χ4n) is 4.96. The Kier molecular flexibility index (Phi) is 12.0. The number of amides is 1. The van der Waals surface area contributed by atoms with Crippen molar-refractivity contribution in [2.24, 2.45) is 13.0 Å². The van der Waals surface area contributed by atoms with Gasteiger partial charge >= 0.3 is 0 Å². The molecule has 2 aromatic rings. The number of hydrogen-bond acceptors (Lipinski definition) is 8. The van der Waals surface area contributed by atoms with Crippen molar-refractivity contribution in [3.8, 4) is 5.75 Å². The molecule has 1 aliphatic heterocycles. The zero-order valence-corrected chi connectivity index (χ0v) is 26.1. The number of aliphatic hydroxyl groups is 1. The summed E-state index contributed by atoms with van der Waals surface area (Å²) in [5.41, 5.74) is 0.440. The van der Waals surface area contributed by atoms with Gasteiger partial charge in [0, 0.05) is 44.5 Å². The number of carbonyl (C=O) groups is 1. The first kappa shape index (κ1) is 32.8. The maximum atomic E-state index is 14.2. The van der Waals surface area contributed by atoms with Crippen molar-refractivity contribution in [1.82, 2.24) is 19.4 Å². The number of ether oxygens (including phenoxy) is 2. The molecule has 1 amide bonds. The van der Waals surface area contributed by atoms with Crippen LogP contribution in [0.4, 0.5) is 5.69 Å². The Hall–Kier alpha value is -2.67. The molecule has 230 valence electrons. The van der Waals surface area contributed by atoms with Gasteiger partial charge in [-0.2, -0.15) is 8.42 Å². The van der Waals surface area contributed by atoms with Crippen molar-refractivity contribution < 1.29 is 27.8 Å². The molecule has 0 saturated carbocycles. The highest BCUT2D eigenvalue weighted by Gasteiger charge is 2.30. The molecule has 4 atom stereocenters. The number of likely N-dealkylation sites (N-methyl/N-ethyl adjacent to an activating group) is 1. The summed E-state index contributed by atoms with van der Waals surface area (Å²) < 4.78 is 42.6. The lowest BCUT2D eigenvalue weighted by Gasteiger charge is -2.35. The van der Waals surface area contributed by atoms with Crippen LogP contribution in [0.5, 0.6) is 5.75 Å². The summed E-state index contributed by atoms with van der Waals surface area (Å²) in [4.78, 5) is 22.0. The summed E-state index contributed by atoms with van der Waals surface area (Å²) in [5.74, 6) is 0.000140. The predicted molar refractivity (Wildman–Crippen MR) is 159 cm³/mol. The zero-order chi connectivity index (χ0) is 30.2. The van der Waals surface area contributed by atoms with Gasteiger partial charge in [0.2, 0.25) is 0 Å². The molecule has 11 nitrogen and oxygen atoms in total. The Morgan fingerprint density at radius 3 is 2.68 bits per heavy atom. The number of aliphatic hydroxyl groups excluding tert-OH is 1. The molecule has 1 aromatic carbocycles. The third-order valence-corrected chi connectivity index (χ3v) is 8.62. The van der Waals surface area contributed by atoms with Crippen LogP contribution >= 0.6 is 0 Å². The molecule has 2 N–H and O–H groups in total. The maximum Gasteiger partial charge on any atom is 0.280 e. The molecule has 0 aliphatic carbocycles. The summed E-state index contributed by atoms with van der Waals surface area (Å²) in [7, 11) is -0.211. The van der Waals surface area contributed by atoms with E-state index in [9.17, 15) is 18.3 Å². The van der Waals surface area contributed by atoms with Crippen LogP contribution in [0, 0.1) is 5.92 Å². The summed E-state index contributed by atoms with van der Waals surface area (Å²) in [6, 6.07) is 4.23. The Morgan fingerprint density at radius 2 is 2.02 bits per heavy atom. The van der Waals surface area contributed by atoms with Crippen molar-refractivity contribution in [2.75, 3.05) is 44.6 Å². The fourth-order valence-corrected chi connectivity index (χ4v) is 6.00. The number of carbonyl (C=O) groups excluding carboxylic acids is 1. The first-order valence-electron chi connectivity index (χ1n) is 14.5. The minimum absolute atomic E-state index is 0.0238. The second kappa shape index (κ2) is 15.0. The second-order valence-corrected chi connectivity index (χ2v) is 12.9. The summed E-state index contributed by atoms with van der Waals surface area (Å²) >= 11 is 0. The molecule has 0 unspecified atom stereocenters. The fraction of sp³-hybridized carbons (Fsp3) is 0.655. The summed E-state index contributed by atoms with van der Waals surface area (Å²) in [6.45, 7) is 10.4. The molecule has 3 rings (SSSR count). The van der Waals surface area contributed by atoms with E-state index in [1.807, 2.05) is 6.92 Å². The number of nitrogens with zero attached hydrogens (tertiary/aromatic N) is 4. The molecule has 1 aliphatic rings. The van der Waals surface area contributed by atoms with Gasteiger partial charge in [0.15, 0.2) is 5.03 Å². The van der Waals surface area contributed by atoms with Crippen molar-refractivity contribution in [3.05, 3.63) is 36.3 Å². The summed E-state index contributed by atoms with van der Waals surface area (Å²) in [5, 5.41) is 9.98. The van der Waals surface area contributed by atoms with Gasteiger partial charge in [0.25, 0.3) is 15.9 Å². The van der Waals surface area contributed by atoms with Crippen LogP contribution in [0.15, 0.2) is 35.7 Å². The SMILES string of the molecule is CCCN(C)C[C@H]1OCCCC[C@H](C)Oc2ccc(NS(=O)(=O)c3cn(C)cn3)cc2C(=O)N([C@H](C)CO)C[C@H]1C. The van der Waals surface area contributed by atoms with Crippen molar-refractivity contribution in [2.45, 2.75) is 76.7 Å². The van der Waals surface area contributed by atoms with Crippen LogP contribution in [0.2, 0.25) is 0 Å². The van der Waals surface area contributed by atoms with E-state index >= 15 is 0 Å². The van der Waals surface area contributed by atoms with E-state index in [2.05, 4.69) is 35.5 Å². The third kappa shape index (κ3) is 9.16. The van der Waals surface area contributed by atoms with Gasteiger partial charge in [0.05, 0.1) is 36.7 Å². The molecule has 2 heterocycles. The van der Waals surface area contributed by atoms with Gasteiger partial charge in [-0.15, -0.1) is 0 Å². The van der Waals surface area contributed by atoms with Crippen LogP contribution in [-0.2, 0) is 21.8 Å². The lowest BCUT2D eigenvalue weighted by molar-refractivity contribution is -0.0167. The molecule has 0 saturated heterocycles.